The monoisotopic (exact) mass is 243 g/mol. The summed E-state index contributed by atoms with van der Waals surface area (Å²) in [5.41, 5.74) is 0. The molecule has 1 saturated carbocycles. The molecule has 1 heterocycles. The molecule has 94 valence electrons. The summed E-state index contributed by atoms with van der Waals surface area (Å²) in [6.07, 6.45) is 6.55. The van der Waals surface area contributed by atoms with Gasteiger partial charge in [-0.05, 0) is 37.6 Å². The smallest absolute Gasteiger partial charge is 0.0462 e. The van der Waals surface area contributed by atoms with Crippen molar-refractivity contribution in [2.45, 2.75) is 50.3 Å². The van der Waals surface area contributed by atoms with Gasteiger partial charge in [-0.1, -0.05) is 19.8 Å². The third kappa shape index (κ3) is 3.38. The van der Waals surface area contributed by atoms with E-state index >= 15 is 0 Å². The Kier molecular flexibility index (Phi) is 4.98. The molecule has 16 heavy (non-hydrogen) atoms. The Morgan fingerprint density at radius 3 is 2.62 bits per heavy atom. The van der Waals surface area contributed by atoms with Gasteiger partial charge in [-0.3, -0.25) is 0 Å². The van der Waals surface area contributed by atoms with Crippen LogP contribution in [0.25, 0.3) is 0 Å². The number of hydrogen-bond acceptors (Lipinski definition) is 3. The Labute approximate surface area is 104 Å². The molecule has 1 aliphatic heterocycles. The first-order valence-corrected chi connectivity index (χ1v) is 7.80. The van der Waals surface area contributed by atoms with Crippen LogP contribution in [0.2, 0.25) is 0 Å². The summed E-state index contributed by atoms with van der Waals surface area (Å²) in [6.45, 7) is 3.84. The van der Waals surface area contributed by atoms with Crippen LogP contribution in [0.15, 0.2) is 0 Å². The maximum Gasteiger partial charge on any atom is 0.0462 e. The summed E-state index contributed by atoms with van der Waals surface area (Å²) in [7, 11) is 0. The van der Waals surface area contributed by atoms with Crippen molar-refractivity contribution in [3.63, 3.8) is 0 Å². The number of aliphatic hydroxyl groups excluding tert-OH is 1. The van der Waals surface area contributed by atoms with Crippen LogP contribution in [0.5, 0.6) is 0 Å². The lowest BCUT2D eigenvalue weighted by atomic mass is 9.79. The standard InChI is InChI=1S/C13H25NOS/c1-10-6-13(9-16-10)14-7-11-4-2-3-5-12(11)8-15/h10-15H,2-9H2,1H3. The molecular weight excluding hydrogens is 218 g/mol. The number of rotatable bonds is 4. The van der Waals surface area contributed by atoms with E-state index in [9.17, 15) is 5.11 Å². The molecule has 2 fully saturated rings. The Morgan fingerprint density at radius 2 is 2.00 bits per heavy atom. The molecule has 1 saturated heterocycles. The van der Waals surface area contributed by atoms with Gasteiger partial charge in [0, 0.05) is 23.7 Å². The van der Waals surface area contributed by atoms with Crippen LogP contribution in [0.1, 0.15) is 39.0 Å². The predicted octanol–water partition coefficient (Wildman–Crippen LogP) is 2.27. The average Bonchev–Trinajstić information content (AvgIpc) is 2.73. The molecule has 4 unspecified atom stereocenters. The van der Waals surface area contributed by atoms with Crippen molar-refractivity contribution in [3.05, 3.63) is 0 Å². The molecule has 0 amide bonds. The largest absolute Gasteiger partial charge is 0.396 e. The third-order valence-electron chi connectivity index (χ3n) is 4.17. The van der Waals surface area contributed by atoms with Crippen LogP contribution in [-0.4, -0.2) is 35.3 Å². The zero-order valence-corrected chi connectivity index (χ0v) is 11.1. The second-order valence-electron chi connectivity index (χ2n) is 5.47. The quantitative estimate of drug-likeness (QED) is 0.794. The number of aliphatic hydroxyl groups is 1. The van der Waals surface area contributed by atoms with Crippen molar-refractivity contribution in [3.8, 4) is 0 Å². The minimum Gasteiger partial charge on any atom is -0.396 e. The van der Waals surface area contributed by atoms with Gasteiger partial charge < -0.3 is 10.4 Å². The van der Waals surface area contributed by atoms with Gasteiger partial charge in [-0.2, -0.15) is 11.8 Å². The van der Waals surface area contributed by atoms with E-state index in [2.05, 4.69) is 24.0 Å². The van der Waals surface area contributed by atoms with E-state index in [4.69, 9.17) is 0 Å². The van der Waals surface area contributed by atoms with Gasteiger partial charge in [-0.15, -0.1) is 0 Å². The first-order chi connectivity index (χ1) is 7.79. The lowest BCUT2D eigenvalue weighted by Gasteiger charge is -2.31. The van der Waals surface area contributed by atoms with Gasteiger partial charge >= 0.3 is 0 Å². The summed E-state index contributed by atoms with van der Waals surface area (Å²) in [5, 5.41) is 13.9. The molecule has 0 aromatic carbocycles. The summed E-state index contributed by atoms with van der Waals surface area (Å²) < 4.78 is 0. The van der Waals surface area contributed by atoms with Crippen molar-refractivity contribution >= 4 is 11.8 Å². The van der Waals surface area contributed by atoms with Crippen LogP contribution in [0, 0.1) is 11.8 Å². The SMILES string of the molecule is CC1CC(NCC2CCCCC2CO)CS1. The van der Waals surface area contributed by atoms with E-state index in [0.29, 0.717) is 12.5 Å². The summed E-state index contributed by atoms with van der Waals surface area (Å²) in [5.74, 6) is 2.56. The second kappa shape index (κ2) is 6.27. The molecule has 1 aliphatic carbocycles. The average molecular weight is 243 g/mol. The van der Waals surface area contributed by atoms with Crippen molar-refractivity contribution in [1.82, 2.24) is 5.32 Å². The minimum atomic E-state index is 0.391. The summed E-state index contributed by atoms with van der Waals surface area (Å²) >= 11 is 2.09. The van der Waals surface area contributed by atoms with Gasteiger partial charge in [0.05, 0.1) is 0 Å². The number of thioether (sulfide) groups is 1. The highest BCUT2D eigenvalue weighted by Crippen LogP contribution is 2.30. The minimum absolute atomic E-state index is 0.391. The molecule has 2 rings (SSSR count). The van der Waals surface area contributed by atoms with Crippen LogP contribution in [0.3, 0.4) is 0 Å². The van der Waals surface area contributed by atoms with Crippen molar-refractivity contribution in [2.75, 3.05) is 18.9 Å². The fraction of sp³-hybridized carbons (Fsp3) is 1.00. The highest BCUT2D eigenvalue weighted by atomic mass is 32.2. The van der Waals surface area contributed by atoms with Gasteiger partial charge in [0.25, 0.3) is 0 Å². The lowest BCUT2D eigenvalue weighted by Crippen LogP contribution is -2.38. The molecule has 2 aliphatic rings. The fourth-order valence-electron chi connectivity index (χ4n) is 3.07. The Morgan fingerprint density at radius 1 is 1.25 bits per heavy atom. The van der Waals surface area contributed by atoms with Crippen LogP contribution in [-0.2, 0) is 0 Å². The Hall–Kier alpha value is 0.270. The molecule has 2 nitrogen and oxygen atoms in total. The van der Waals surface area contributed by atoms with E-state index < -0.39 is 0 Å². The van der Waals surface area contributed by atoms with Gasteiger partial charge in [0.2, 0.25) is 0 Å². The van der Waals surface area contributed by atoms with Crippen molar-refractivity contribution in [1.29, 1.82) is 0 Å². The molecule has 0 spiro atoms. The Balaban J connectivity index is 1.71. The van der Waals surface area contributed by atoms with E-state index in [1.54, 1.807) is 0 Å². The van der Waals surface area contributed by atoms with E-state index in [-0.39, 0.29) is 0 Å². The first-order valence-electron chi connectivity index (χ1n) is 6.75. The molecule has 2 N–H and O–H groups in total. The highest BCUT2D eigenvalue weighted by molar-refractivity contribution is 8.00. The van der Waals surface area contributed by atoms with Gasteiger partial charge in [-0.25, -0.2) is 0 Å². The predicted molar refractivity (Wildman–Crippen MR) is 70.9 cm³/mol. The fourth-order valence-corrected chi connectivity index (χ4v) is 4.25. The summed E-state index contributed by atoms with van der Waals surface area (Å²) in [6, 6.07) is 0.723. The van der Waals surface area contributed by atoms with Crippen molar-refractivity contribution < 1.29 is 5.11 Å². The van der Waals surface area contributed by atoms with Crippen molar-refractivity contribution in [2.24, 2.45) is 11.8 Å². The molecule has 3 heteroatoms. The van der Waals surface area contributed by atoms with Gasteiger partial charge in [0.15, 0.2) is 0 Å². The molecule has 0 bridgehead atoms. The van der Waals surface area contributed by atoms with Crippen LogP contribution in [0.4, 0.5) is 0 Å². The first kappa shape index (κ1) is 12.7. The van der Waals surface area contributed by atoms with E-state index in [1.165, 1.54) is 37.9 Å². The maximum atomic E-state index is 9.36. The molecule has 0 radical (unpaired) electrons. The zero-order valence-electron chi connectivity index (χ0n) is 10.3. The maximum absolute atomic E-state index is 9.36. The molecule has 0 aromatic heterocycles. The second-order valence-corrected chi connectivity index (χ2v) is 6.94. The Bertz CT molecular complexity index is 212. The summed E-state index contributed by atoms with van der Waals surface area (Å²) in [4.78, 5) is 0. The van der Waals surface area contributed by atoms with Crippen LogP contribution >= 0.6 is 11.8 Å². The highest BCUT2D eigenvalue weighted by Gasteiger charge is 2.27. The number of nitrogens with one attached hydrogen (secondary N) is 1. The molecule has 4 atom stereocenters. The van der Waals surface area contributed by atoms with Crippen LogP contribution < -0.4 is 5.32 Å². The normalized spacial score (nSPS) is 40.1. The molecule has 0 aromatic rings. The molecular formula is C13H25NOS. The van der Waals surface area contributed by atoms with Gasteiger partial charge in [0.1, 0.15) is 0 Å². The zero-order chi connectivity index (χ0) is 11.4. The third-order valence-corrected chi connectivity index (χ3v) is 5.52. The lowest BCUT2D eigenvalue weighted by molar-refractivity contribution is 0.131. The van der Waals surface area contributed by atoms with E-state index in [0.717, 1.165) is 23.8 Å². The number of hydrogen-bond donors (Lipinski definition) is 2. The topological polar surface area (TPSA) is 32.3 Å². The van der Waals surface area contributed by atoms with E-state index in [1.807, 2.05) is 0 Å².